The lowest BCUT2D eigenvalue weighted by molar-refractivity contribution is -0.119. The molecule has 0 bridgehead atoms. The largest absolute Gasteiger partial charge is 0.368 e. The fourth-order valence-corrected chi connectivity index (χ4v) is 0.961. The molecule has 0 aromatic carbocycles. The van der Waals surface area contributed by atoms with Crippen LogP contribution in [-0.4, -0.2) is 16.9 Å². The Balaban J connectivity index is 2.46. The van der Waals surface area contributed by atoms with Gasteiger partial charge in [0.15, 0.2) is 0 Å². The predicted molar refractivity (Wildman–Crippen MR) is 54.5 cm³/mol. The average Bonchev–Trinajstić information content (AvgIpc) is 2.16. The fourth-order valence-electron chi connectivity index (χ4n) is 0.961. The average molecular weight is 193 g/mol. The van der Waals surface area contributed by atoms with Gasteiger partial charge in [0.05, 0.1) is 11.7 Å². The van der Waals surface area contributed by atoms with Crippen LogP contribution in [0.15, 0.2) is 18.3 Å². The zero-order valence-corrected chi connectivity index (χ0v) is 8.45. The molecule has 1 rings (SSSR count). The van der Waals surface area contributed by atoms with Crippen molar-refractivity contribution in [2.24, 2.45) is 5.73 Å². The molecule has 1 aromatic rings. The van der Waals surface area contributed by atoms with Gasteiger partial charge >= 0.3 is 0 Å². The van der Waals surface area contributed by atoms with Crippen LogP contribution in [0.2, 0.25) is 0 Å². The second-order valence-electron chi connectivity index (χ2n) is 3.33. The van der Waals surface area contributed by atoms with E-state index in [9.17, 15) is 4.79 Å². The maximum absolute atomic E-state index is 10.7. The number of aromatic nitrogens is 1. The van der Waals surface area contributed by atoms with Gasteiger partial charge in [-0.15, -0.1) is 0 Å². The second-order valence-corrected chi connectivity index (χ2v) is 3.33. The van der Waals surface area contributed by atoms with E-state index in [1.807, 2.05) is 19.1 Å². The lowest BCUT2D eigenvalue weighted by Crippen LogP contribution is -2.38. The van der Waals surface area contributed by atoms with Gasteiger partial charge in [0.25, 0.3) is 0 Å². The van der Waals surface area contributed by atoms with Gasteiger partial charge in [-0.25, -0.2) is 0 Å². The van der Waals surface area contributed by atoms with Gasteiger partial charge in [0.1, 0.15) is 0 Å². The smallest absolute Gasteiger partial charge is 0.234 e. The van der Waals surface area contributed by atoms with Crippen LogP contribution >= 0.6 is 0 Å². The van der Waals surface area contributed by atoms with E-state index < -0.39 is 0 Å². The van der Waals surface area contributed by atoms with E-state index in [1.54, 1.807) is 13.1 Å². The molecule has 1 unspecified atom stereocenters. The highest BCUT2D eigenvalue weighted by molar-refractivity contribution is 5.79. The van der Waals surface area contributed by atoms with Crippen LogP contribution in [0.1, 0.15) is 18.2 Å². The van der Waals surface area contributed by atoms with Crippen molar-refractivity contribution < 1.29 is 4.79 Å². The maximum atomic E-state index is 10.7. The molecule has 0 aliphatic carbocycles. The first-order valence-corrected chi connectivity index (χ1v) is 4.54. The van der Waals surface area contributed by atoms with Crippen LogP contribution in [-0.2, 0) is 11.3 Å². The van der Waals surface area contributed by atoms with Crippen LogP contribution < -0.4 is 11.1 Å². The summed E-state index contributed by atoms with van der Waals surface area (Å²) in [4.78, 5) is 14.9. The normalized spacial score (nSPS) is 12.4. The molecule has 1 aromatic heterocycles. The Morgan fingerprint density at radius 1 is 1.64 bits per heavy atom. The molecular formula is C10H15N3O. The first-order chi connectivity index (χ1) is 6.59. The first-order valence-electron chi connectivity index (χ1n) is 4.54. The van der Waals surface area contributed by atoms with Gasteiger partial charge in [-0.3, -0.25) is 9.78 Å². The number of nitrogens with two attached hydrogens (primary N) is 1. The number of aryl methyl sites for hydroxylation is 1. The van der Waals surface area contributed by atoms with Crippen molar-refractivity contribution in [1.82, 2.24) is 10.3 Å². The summed E-state index contributed by atoms with van der Waals surface area (Å²) in [5.74, 6) is -0.350. The molecular weight excluding hydrogens is 178 g/mol. The molecule has 1 amide bonds. The number of rotatable bonds is 4. The monoisotopic (exact) mass is 193 g/mol. The summed E-state index contributed by atoms with van der Waals surface area (Å²) < 4.78 is 0. The van der Waals surface area contributed by atoms with Gasteiger partial charge < -0.3 is 11.1 Å². The van der Waals surface area contributed by atoms with E-state index in [2.05, 4.69) is 10.3 Å². The van der Waals surface area contributed by atoms with Crippen LogP contribution in [0.25, 0.3) is 0 Å². The molecule has 0 radical (unpaired) electrons. The molecule has 1 atom stereocenters. The van der Waals surface area contributed by atoms with E-state index in [-0.39, 0.29) is 11.9 Å². The number of pyridine rings is 1. The lowest BCUT2D eigenvalue weighted by atomic mass is 10.2. The number of hydrogen-bond donors (Lipinski definition) is 2. The van der Waals surface area contributed by atoms with E-state index in [1.165, 1.54) is 0 Å². The van der Waals surface area contributed by atoms with Crippen molar-refractivity contribution in [1.29, 1.82) is 0 Å². The first kappa shape index (κ1) is 10.7. The van der Waals surface area contributed by atoms with Gasteiger partial charge in [0, 0.05) is 12.7 Å². The number of carbonyl (C=O) groups is 1. The molecule has 4 heteroatoms. The van der Waals surface area contributed by atoms with Crippen LogP contribution in [0.5, 0.6) is 0 Å². The lowest BCUT2D eigenvalue weighted by Gasteiger charge is -2.09. The van der Waals surface area contributed by atoms with E-state index in [0.717, 1.165) is 11.3 Å². The molecule has 1 heterocycles. The highest BCUT2D eigenvalue weighted by Crippen LogP contribution is 1.98. The van der Waals surface area contributed by atoms with Gasteiger partial charge in [-0.1, -0.05) is 6.07 Å². The topological polar surface area (TPSA) is 68.0 Å². The predicted octanol–water partition coefficient (Wildman–Crippen LogP) is 0.353. The van der Waals surface area contributed by atoms with Crippen molar-refractivity contribution in [2.75, 3.05) is 0 Å². The van der Waals surface area contributed by atoms with E-state index >= 15 is 0 Å². The van der Waals surface area contributed by atoms with Gasteiger partial charge in [-0.2, -0.15) is 0 Å². The number of nitrogens with one attached hydrogen (secondary N) is 1. The summed E-state index contributed by atoms with van der Waals surface area (Å²) in [5.41, 5.74) is 7.13. The number of hydrogen-bond acceptors (Lipinski definition) is 3. The summed E-state index contributed by atoms with van der Waals surface area (Å²) in [6, 6.07) is 3.59. The Hall–Kier alpha value is -1.42. The second kappa shape index (κ2) is 4.72. The van der Waals surface area contributed by atoms with E-state index in [4.69, 9.17) is 5.73 Å². The standard InChI is InChI=1S/C10H15N3O/c1-7-3-4-9(13-5-7)6-12-8(2)10(11)14/h3-5,8,12H,6H2,1-2H3,(H2,11,14). The van der Waals surface area contributed by atoms with Crippen molar-refractivity contribution in [3.8, 4) is 0 Å². The van der Waals surface area contributed by atoms with Crippen molar-refractivity contribution in [3.63, 3.8) is 0 Å². The summed E-state index contributed by atoms with van der Waals surface area (Å²) in [6.45, 7) is 4.27. The van der Waals surface area contributed by atoms with Crippen LogP contribution in [0.4, 0.5) is 0 Å². The third-order valence-corrected chi connectivity index (χ3v) is 1.99. The Morgan fingerprint density at radius 2 is 2.36 bits per heavy atom. The summed E-state index contributed by atoms with van der Waals surface area (Å²) >= 11 is 0. The Kier molecular flexibility index (Phi) is 3.59. The SMILES string of the molecule is Cc1ccc(CNC(C)C(N)=O)nc1. The number of primary amides is 1. The van der Waals surface area contributed by atoms with Crippen molar-refractivity contribution in [2.45, 2.75) is 26.4 Å². The molecule has 0 aliphatic heterocycles. The minimum absolute atomic E-state index is 0.321. The van der Waals surface area contributed by atoms with Crippen LogP contribution in [0, 0.1) is 6.92 Å². The Morgan fingerprint density at radius 3 is 2.86 bits per heavy atom. The molecule has 0 fully saturated rings. The highest BCUT2D eigenvalue weighted by atomic mass is 16.1. The van der Waals surface area contributed by atoms with Crippen LogP contribution in [0.3, 0.4) is 0 Å². The van der Waals surface area contributed by atoms with Gasteiger partial charge in [0.2, 0.25) is 5.91 Å². The molecule has 0 spiro atoms. The fraction of sp³-hybridized carbons (Fsp3) is 0.400. The molecule has 3 N–H and O–H groups in total. The zero-order chi connectivity index (χ0) is 10.6. The third kappa shape index (κ3) is 3.14. The molecule has 0 aliphatic rings. The molecule has 0 saturated carbocycles. The minimum Gasteiger partial charge on any atom is -0.368 e. The molecule has 4 nitrogen and oxygen atoms in total. The van der Waals surface area contributed by atoms with Gasteiger partial charge in [-0.05, 0) is 25.5 Å². The highest BCUT2D eigenvalue weighted by Gasteiger charge is 2.06. The number of amides is 1. The Bertz CT molecular complexity index is 308. The summed E-state index contributed by atoms with van der Waals surface area (Å²) in [7, 11) is 0. The van der Waals surface area contributed by atoms with Crippen molar-refractivity contribution in [3.05, 3.63) is 29.6 Å². The maximum Gasteiger partial charge on any atom is 0.234 e. The third-order valence-electron chi connectivity index (χ3n) is 1.99. The zero-order valence-electron chi connectivity index (χ0n) is 8.45. The molecule has 14 heavy (non-hydrogen) atoms. The summed E-state index contributed by atoms with van der Waals surface area (Å²) in [6.07, 6.45) is 1.80. The van der Waals surface area contributed by atoms with Crippen molar-refractivity contribution >= 4 is 5.91 Å². The quantitative estimate of drug-likeness (QED) is 0.725. The number of nitrogens with zero attached hydrogens (tertiary/aromatic N) is 1. The number of carbonyl (C=O) groups excluding carboxylic acids is 1. The Labute approximate surface area is 83.5 Å². The molecule has 76 valence electrons. The molecule has 0 saturated heterocycles. The minimum atomic E-state index is -0.350. The summed E-state index contributed by atoms with van der Waals surface area (Å²) in [5, 5.41) is 2.98. The van der Waals surface area contributed by atoms with E-state index in [0.29, 0.717) is 6.54 Å².